The zero-order valence-corrected chi connectivity index (χ0v) is 7.49. The van der Waals surface area contributed by atoms with Gasteiger partial charge in [-0.3, -0.25) is 4.79 Å². The van der Waals surface area contributed by atoms with E-state index in [1.165, 1.54) is 6.92 Å². The maximum absolute atomic E-state index is 12.4. The maximum Gasteiger partial charge on any atom is 0.457 e. The second kappa shape index (κ2) is 4.10. The number of ether oxygens (including phenoxy) is 1. The van der Waals surface area contributed by atoms with E-state index in [1.54, 1.807) is 0 Å². The minimum atomic E-state index is -5.71. The van der Waals surface area contributed by atoms with Gasteiger partial charge in [0.05, 0.1) is 0 Å². The third-order valence-electron chi connectivity index (χ3n) is 1.49. The molecule has 7 heteroatoms. The molecule has 0 heterocycles. The van der Waals surface area contributed by atoms with Crippen LogP contribution in [0.2, 0.25) is 0 Å². The Labute approximate surface area is 77.0 Å². The number of carbonyl (C=O) groups excluding carboxylic acids is 1. The molecule has 0 N–H and O–H groups in total. The number of halogens is 5. The van der Waals surface area contributed by atoms with Crippen LogP contribution in [-0.2, 0) is 9.53 Å². The average Bonchev–Trinajstić information content (AvgIpc) is 2.01. The Kier molecular flexibility index (Phi) is 3.84. The van der Waals surface area contributed by atoms with Crippen LogP contribution in [0, 0.1) is 0 Å². The average molecular weight is 220 g/mol. The van der Waals surface area contributed by atoms with Crippen LogP contribution in [0.4, 0.5) is 22.0 Å². The predicted octanol–water partition coefficient (Wildman–Crippen LogP) is 2.53. The Morgan fingerprint density at radius 3 is 2.00 bits per heavy atom. The van der Waals surface area contributed by atoms with E-state index in [0.717, 1.165) is 0 Å². The van der Waals surface area contributed by atoms with Crippen LogP contribution in [0.25, 0.3) is 0 Å². The van der Waals surface area contributed by atoms with Gasteiger partial charge < -0.3 is 4.74 Å². The second-order valence-electron chi connectivity index (χ2n) is 2.61. The van der Waals surface area contributed by atoms with Crippen molar-refractivity contribution in [3.8, 4) is 0 Å². The lowest BCUT2D eigenvalue weighted by Crippen LogP contribution is -2.47. The van der Waals surface area contributed by atoms with Crippen molar-refractivity contribution < 1.29 is 31.5 Å². The van der Waals surface area contributed by atoms with Crippen LogP contribution in [0.15, 0.2) is 0 Å². The van der Waals surface area contributed by atoms with Crippen molar-refractivity contribution in [1.29, 1.82) is 0 Å². The van der Waals surface area contributed by atoms with E-state index < -0.39 is 24.2 Å². The predicted molar refractivity (Wildman–Crippen MR) is 36.8 cm³/mol. The number of rotatable bonds is 3. The molecule has 1 unspecified atom stereocenters. The molecule has 0 saturated heterocycles. The fraction of sp³-hybridized carbons (Fsp3) is 0.857. The Bertz CT molecular complexity index is 211. The molecule has 0 spiro atoms. The van der Waals surface area contributed by atoms with Crippen molar-refractivity contribution >= 4 is 5.97 Å². The lowest BCUT2D eigenvalue weighted by molar-refractivity contribution is -0.311. The molecule has 0 aliphatic carbocycles. The van der Waals surface area contributed by atoms with Crippen molar-refractivity contribution in [2.45, 2.75) is 38.5 Å². The molecule has 0 aromatic carbocycles. The highest BCUT2D eigenvalue weighted by Crippen LogP contribution is 2.39. The van der Waals surface area contributed by atoms with E-state index in [1.807, 2.05) is 0 Å². The van der Waals surface area contributed by atoms with Gasteiger partial charge in [0.1, 0.15) is 0 Å². The molecule has 0 aromatic heterocycles. The van der Waals surface area contributed by atoms with E-state index in [0.29, 0.717) is 6.92 Å². The van der Waals surface area contributed by atoms with Gasteiger partial charge in [-0.2, -0.15) is 22.0 Å². The Morgan fingerprint density at radius 2 is 1.71 bits per heavy atom. The lowest BCUT2D eigenvalue weighted by atomic mass is 10.2. The highest BCUT2D eigenvalue weighted by Gasteiger charge is 2.62. The van der Waals surface area contributed by atoms with E-state index in [-0.39, 0.29) is 6.42 Å². The van der Waals surface area contributed by atoms with Crippen LogP contribution < -0.4 is 0 Å². The molecule has 0 rings (SSSR count). The molecule has 14 heavy (non-hydrogen) atoms. The molecule has 0 saturated carbocycles. The van der Waals surface area contributed by atoms with Crippen molar-refractivity contribution in [3.63, 3.8) is 0 Å². The van der Waals surface area contributed by atoms with Gasteiger partial charge in [-0.15, -0.1) is 0 Å². The van der Waals surface area contributed by atoms with Gasteiger partial charge in [-0.25, -0.2) is 0 Å². The molecule has 0 aliphatic heterocycles. The molecular weight excluding hydrogens is 211 g/mol. The topological polar surface area (TPSA) is 26.3 Å². The fourth-order valence-corrected chi connectivity index (χ4v) is 0.585. The molecule has 0 amide bonds. The third kappa shape index (κ3) is 2.81. The SMILES string of the molecule is CCC(=O)OC(C)C(F)(F)C(F)(F)F. The first kappa shape index (κ1) is 13.1. The molecule has 1 atom stereocenters. The van der Waals surface area contributed by atoms with Crippen molar-refractivity contribution in [2.24, 2.45) is 0 Å². The summed E-state index contributed by atoms with van der Waals surface area (Å²) in [6.45, 7) is 1.79. The Morgan fingerprint density at radius 1 is 1.29 bits per heavy atom. The van der Waals surface area contributed by atoms with Crippen molar-refractivity contribution in [1.82, 2.24) is 0 Å². The molecule has 0 bridgehead atoms. The number of esters is 1. The van der Waals surface area contributed by atoms with Gasteiger partial charge >= 0.3 is 18.1 Å². The van der Waals surface area contributed by atoms with Crippen molar-refractivity contribution in [3.05, 3.63) is 0 Å². The monoisotopic (exact) mass is 220 g/mol. The summed E-state index contributed by atoms with van der Waals surface area (Å²) < 4.78 is 63.8. The normalized spacial score (nSPS) is 15.1. The van der Waals surface area contributed by atoms with Gasteiger partial charge in [0, 0.05) is 6.42 Å². The zero-order valence-electron chi connectivity index (χ0n) is 7.49. The molecule has 0 aromatic rings. The largest absolute Gasteiger partial charge is 0.457 e. The molecule has 0 aliphatic rings. The first-order valence-corrected chi connectivity index (χ1v) is 3.77. The molecule has 2 nitrogen and oxygen atoms in total. The van der Waals surface area contributed by atoms with Crippen LogP contribution >= 0.6 is 0 Å². The zero-order chi connectivity index (χ0) is 11.6. The highest BCUT2D eigenvalue weighted by molar-refractivity contribution is 5.69. The fourth-order valence-electron chi connectivity index (χ4n) is 0.585. The number of alkyl halides is 5. The van der Waals surface area contributed by atoms with Gasteiger partial charge in [0.25, 0.3) is 0 Å². The Hall–Kier alpha value is -0.880. The van der Waals surface area contributed by atoms with E-state index in [9.17, 15) is 26.7 Å². The summed E-state index contributed by atoms with van der Waals surface area (Å²) in [5, 5.41) is 0. The third-order valence-corrected chi connectivity index (χ3v) is 1.49. The van der Waals surface area contributed by atoms with Gasteiger partial charge in [-0.05, 0) is 6.92 Å². The summed E-state index contributed by atoms with van der Waals surface area (Å²) >= 11 is 0. The number of hydrogen-bond acceptors (Lipinski definition) is 2. The first-order chi connectivity index (χ1) is 6.13. The number of hydrogen-bond donors (Lipinski definition) is 0. The summed E-state index contributed by atoms with van der Waals surface area (Å²) in [6.07, 6.45) is -8.46. The first-order valence-electron chi connectivity index (χ1n) is 3.77. The van der Waals surface area contributed by atoms with Crippen molar-refractivity contribution in [2.75, 3.05) is 0 Å². The molecule has 84 valence electrons. The van der Waals surface area contributed by atoms with Gasteiger partial charge in [-0.1, -0.05) is 6.92 Å². The lowest BCUT2D eigenvalue weighted by Gasteiger charge is -2.25. The van der Waals surface area contributed by atoms with E-state index >= 15 is 0 Å². The van der Waals surface area contributed by atoms with Crippen LogP contribution in [0.5, 0.6) is 0 Å². The maximum atomic E-state index is 12.4. The minimum absolute atomic E-state index is 0.252. The van der Waals surface area contributed by atoms with E-state index in [4.69, 9.17) is 0 Å². The summed E-state index contributed by atoms with van der Waals surface area (Å²) in [4.78, 5) is 10.5. The van der Waals surface area contributed by atoms with E-state index in [2.05, 4.69) is 4.74 Å². The van der Waals surface area contributed by atoms with Gasteiger partial charge in [0.15, 0.2) is 6.10 Å². The molecular formula is C7H9F5O2. The summed E-state index contributed by atoms with van der Waals surface area (Å²) in [7, 11) is 0. The van der Waals surface area contributed by atoms with Crippen LogP contribution in [0.3, 0.4) is 0 Å². The smallest absolute Gasteiger partial charge is 0.456 e. The van der Waals surface area contributed by atoms with Crippen LogP contribution in [-0.4, -0.2) is 24.2 Å². The van der Waals surface area contributed by atoms with Gasteiger partial charge in [0.2, 0.25) is 0 Å². The molecule has 0 fully saturated rings. The number of carbonyl (C=O) groups is 1. The highest BCUT2D eigenvalue weighted by atomic mass is 19.4. The summed E-state index contributed by atoms with van der Waals surface area (Å²) in [6, 6.07) is 0. The standard InChI is InChI=1S/C7H9F5O2/c1-3-5(13)14-4(2)6(8,9)7(10,11)12/h4H,3H2,1-2H3. The summed E-state index contributed by atoms with van der Waals surface area (Å²) in [5.74, 6) is -6.11. The quantitative estimate of drug-likeness (QED) is 0.539. The summed E-state index contributed by atoms with van der Waals surface area (Å²) in [5.41, 5.74) is 0. The Balaban J connectivity index is 4.51. The molecule has 0 radical (unpaired) electrons. The van der Waals surface area contributed by atoms with Crippen LogP contribution in [0.1, 0.15) is 20.3 Å². The second-order valence-corrected chi connectivity index (χ2v) is 2.61. The minimum Gasteiger partial charge on any atom is -0.456 e.